The highest BCUT2D eigenvalue weighted by Crippen LogP contribution is 2.26. The van der Waals surface area contributed by atoms with E-state index in [4.69, 9.17) is 4.74 Å². The van der Waals surface area contributed by atoms with Crippen LogP contribution >= 0.6 is 11.3 Å². The number of carbonyl (C=O) groups excluding carboxylic acids is 1. The Labute approximate surface area is 157 Å². The van der Waals surface area contributed by atoms with Crippen LogP contribution < -0.4 is 10.1 Å². The molecule has 1 amide bonds. The van der Waals surface area contributed by atoms with Crippen molar-refractivity contribution in [1.82, 2.24) is 5.32 Å². The van der Waals surface area contributed by atoms with E-state index in [9.17, 15) is 14.7 Å². The molecular weight excluding hydrogens is 350 g/mol. The number of rotatable bonds is 8. The van der Waals surface area contributed by atoms with Crippen LogP contribution in [0.3, 0.4) is 0 Å². The molecule has 138 valence electrons. The Hall–Kier alpha value is -2.34. The zero-order chi connectivity index (χ0) is 18.4. The van der Waals surface area contributed by atoms with Crippen LogP contribution in [0.25, 0.3) is 0 Å². The zero-order valence-electron chi connectivity index (χ0n) is 14.5. The molecule has 2 N–H and O–H groups in total. The van der Waals surface area contributed by atoms with Crippen LogP contribution in [-0.2, 0) is 16.0 Å². The van der Waals surface area contributed by atoms with Crippen molar-refractivity contribution < 1.29 is 19.4 Å². The molecule has 1 aromatic carbocycles. The molecule has 1 saturated carbocycles. The number of thiophene rings is 1. The van der Waals surface area contributed by atoms with Gasteiger partial charge in [0, 0.05) is 4.88 Å². The number of hydrogen-bond acceptors (Lipinski definition) is 4. The minimum atomic E-state index is -0.947. The first-order valence-corrected chi connectivity index (χ1v) is 9.78. The summed E-state index contributed by atoms with van der Waals surface area (Å²) in [6.07, 6.45) is 4.97. The summed E-state index contributed by atoms with van der Waals surface area (Å²) in [5.41, 5.74) is 0.769. The highest BCUT2D eigenvalue weighted by molar-refractivity contribution is 7.10. The summed E-state index contributed by atoms with van der Waals surface area (Å²) < 4.78 is 5.94. The Bertz CT molecular complexity index is 721. The fourth-order valence-corrected chi connectivity index (χ4v) is 3.92. The van der Waals surface area contributed by atoms with E-state index in [0.29, 0.717) is 0 Å². The highest BCUT2D eigenvalue weighted by atomic mass is 32.1. The van der Waals surface area contributed by atoms with Gasteiger partial charge in [-0.3, -0.25) is 9.59 Å². The molecule has 2 aromatic rings. The van der Waals surface area contributed by atoms with Crippen LogP contribution in [0.1, 0.15) is 48.6 Å². The molecule has 1 aliphatic rings. The molecule has 5 nitrogen and oxygen atoms in total. The number of amides is 1. The standard InChI is InChI=1S/C20H23NO4S/c22-19(12-17-6-3-11-26-17)21-18(13-20(23)24)14-7-9-16(10-8-14)25-15-4-1-2-5-15/h3,6-11,15,18H,1-2,4-5,12-13H2,(H,21,22)(H,23,24)/t18-/m0/s1. The summed E-state index contributed by atoms with van der Waals surface area (Å²) in [5, 5.41) is 13.9. The third kappa shape index (κ3) is 5.33. The minimum absolute atomic E-state index is 0.154. The van der Waals surface area contributed by atoms with E-state index >= 15 is 0 Å². The lowest BCUT2D eigenvalue weighted by Gasteiger charge is -2.19. The summed E-state index contributed by atoms with van der Waals surface area (Å²) in [7, 11) is 0. The van der Waals surface area contributed by atoms with Gasteiger partial charge >= 0.3 is 5.97 Å². The van der Waals surface area contributed by atoms with Gasteiger partial charge in [0.2, 0.25) is 5.91 Å². The van der Waals surface area contributed by atoms with Gasteiger partial charge in [-0.05, 0) is 54.8 Å². The Morgan fingerprint density at radius 2 is 1.92 bits per heavy atom. The molecule has 6 heteroatoms. The van der Waals surface area contributed by atoms with E-state index in [2.05, 4.69) is 5.32 Å². The van der Waals surface area contributed by atoms with Crippen molar-refractivity contribution in [3.8, 4) is 5.75 Å². The number of carbonyl (C=O) groups is 2. The largest absolute Gasteiger partial charge is 0.490 e. The highest BCUT2D eigenvalue weighted by Gasteiger charge is 2.20. The van der Waals surface area contributed by atoms with Gasteiger partial charge in [0.15, 0.2) is 0 Å². The van der Waals surface area contributed by atoms with E-state index in [1.54, 1.807) is 0 Å². The van der Waals surface area contributed by atoms with Crippen molar-refractivity contribution in [3.63, 3.8) is 0 Å². The number of hydrogen-bond donors (Lipinski definition) is 2. The third-order valence-corrected chi connectivity index (χ3v) is 5.39. The number of aliphatic carboxylic acids is 1. The Morgan fingerprint density at radius 1 is 1.19 bits per heavy atom. The Kier molecular flexibility index (Phi) is 6.28. The number of carboxylic acids is 1. The molecule has 0 radical (unpaired) electrons. The smallest absolute Gasteiger partial charge is 0.305 e. The minimum Gasteiger partial charge on any atom is -0.490 e. The molecule has 0 spiro atoms. The average molecular weight is 373 g/mol. The van der Waals surface area contributed by atoms with Crippen molar-refractivity contribution in [2.45, 2.75) is 50.7 Å². The van der Waals surface area contributed by atoms with E-state index < -0.39 is 12.0 Å². The molecule has 1 aliphatic carbocycles. The lowest BCUT2D eigenvalue weighted by atomic mass is 10.0. The van der Waals surface area contributed by atoms with Crippen LogP contribution in [0.5, 0.6) is 5.75 Å². The number of benzene rings is 1. The molecular formula is C20H23NO4S. The van der Waals surface area contributed by atoms with Crippen LogP contribution in [0.4, 0.5) is 0 Å². The van der Waals surface area contributed by atoms with E-state index in [1.165, 1.54) is 24.2 Å². The van der Waals surface area contributed by atoms with Gasteiger partial charge in [-0.1, -0.05) is 18.2 Å². The van der Waals surface area contributed by atoms with E-state index in [-0.39, 0.29) is 24.9 Å². The lowest BCUT2D eigenvalue weighted by molar-refractivity contribution is -0.137. The molecule has 1 heterocycles. The molecule has 0 saturated heterocycles. The van der Waals surface area contributed by atoms with Gasteiger partial charge in [-0.15, -0.1) is 11.3 Å². The molecule has 1 fully saturated rings. The zero-order valence-corrected chi connectivity index (χ0v) is 15.3. The fourth-order valence-electron chi connectivity index (χ4n) is 3.22. The van der Waals surface area contributed by atoms with Crippen LogP contribution in [0.2, 0.25) is 0 Å². The molecule has 0 aliphatic heterocycles. The molecule has 1 atom stereocenters. The molecule has 1 aromatic heterocycles. The summed E-state index contributed by atoms with van der Waals surface area (Å²) in [4.78, 5) is 24.4. The summed E-state index contributed by atoms with van der Waals surface area (Å²) >= 11 is 1.51. The molecule has 0 bridgehead atoms. The molecule has 3 rings (SSSR count). The van der Waals surface area contributed by atoms with Crippen LogP contribution in [0.15, 0.2) is 41.8 Å². The lowest BCUT2D eigenvalue weighted by Crippen LogP contribution is -2.31. The summed E-state index contributed by atoms with van der Waals surface area (Å²) in [6, 6.07) is 10.6. The second-order valence-corrected chi connectivity index (χ2v) is 7.60. The predicted molar refractivity (Wildman–Crippen MR) is 100 cm³/mol. The van der Waals surface area contributed by atoms with Gasteiger partial charge in [0.25, 0.3) is 0 Å². The first-order chi connectivity index (χ1) is 12.6. The second-order valence-electron chi connectivity index (χ2n) is 6.57. The molecule has 0 unspecified atom stereocenters. The molecule has 26 heavy (non-hydrogen) atoms. The van der Waals surface area contributed by atoms with E-state index in [0.717, 1.165) is 29.0 Å². The first kappa shape index (κ1) is 18.5. The number of carboxylic acid groups (broad SMARTS) is 1. The average Bonchev–Trinajstić information content (AvgIpc) is 3.28. The van der Waals surface area contributed by atoms with Crippen molar-refractivity contribution >= 4 is 23.2 Å². The monoisotopic (exact) mass is 373 g/mol. The Morgan fingerprint density at radius 3 is 2.54 bits per heavy atom. The van der Waals surface area contributed by atoms with Crippen molar-refractivity contribution in [1.29, 1.82) is 0 Å². The second kappa shape index (κ2) is 8.85. The first-order valence-electron chi connectivity index (χ1n) is 8.90. The number of nitrogens with one attached hydrogen (secondary N) is 1. The van der Waals surface area contributed by atoms with Gasteiger partial charge < -0.3 is 15.2 Å². The summed E-state index contributed by atoms with van der Waals surface area (Å²) in [5.74, 6) is -0.331. The maximum atomic E-state index is 12.3. The third-order valence-electron chi connectivity index (χ3n) is 4.52. The fraction of sp³-hybridized carbons (Fsp3) is 0.400. The van der Waals surface area contributed by atoms with Gasteiger partial charge in [0.1, 0.15) is 5.75 Å². The van der Waals surface area contributed by atoms with Gasteiger partial charge in [-0.25, -0.2) is 0 Å². The summed E-state index contributed by atoms with van der Waals surface area (Å²) in [6.45, 7) is 0. The maximum Gasteiger partial charge on any atom is 0.305 e. The SMILES string of the molecule is O=C(O)C[C@H](NC(=O)Cc1cccs1)c1ccc(OC2CCCC2)cc1. The topological polar surface area (TPSA) is 75.6 Å². The predicted octanol–water partition coefficient (Wildman–Crippen LogP) is 3.94. The van der Waals surface area contributed by atoms with Crippen LogP contribution in [0, 0.1) is 0 Å². The number of ether oxygens (including phenoxy) is 1. The van der Waals surface area contributed by atoms with Gasteiger partial charge in [0.05, 0.1) is 25.0 Å². The van der Waals surface area contributed by atoms with Crippen molar-refractivity contribution in [2.75, 3.05) is 0 Å². The quantitative estimate of drug-likeness (QED) is 0.735. The maximum absolute atomic E-state index is 12.3. The Balaban J connectivity index is 1.64. The normalized spacial score (nSPS) is 15.5. The van der Waals surface area contributed by atoms with Crippen molar-refractivity contribution in [2.24, 2.45) is 0 Å². The van der Waals surface area contributed by atoms with Crippen molar-refractivity contribution in [3.05, 3.63) is 52.2 Å². The van der Waals surface area contributed by atoms with Gasteiger partial charge in [-0.2, -0.15) is 0 Å². The van der Waals surface area contributed by atoms with E-state index in [1.807, 2.05) is 41.8 Å². The van der Waals surface area contributed by atoms with Crippen LogP contribution in [-0.4, -0.2) is 23.1 Å².